The van der Waals surface area contributed by atoms with Crippen molar-refractivity contribution in [3.8, 4) is 34.4 Å². The third-order valence-corrected chi connectivity index (χ3v) is 11.1. The predicted octanol–water partition coefficient (Wildman–Crippen LogP) is 11.8. The summed E-state index contributed by atoms with van der Waals surface area (Å²) < 4.78 is 7.15. The van der Waals surface area contributed by atoms with Gasteiger partial charge in [0.15, 0.2) is 11.6 Å². The summed E-state index contributed by atoms with van der Waals surface area (Å²) in [4.78, 5) is 15.5. The van der Waals surface area contributed by atoms with Crippen molar-refractivity contribution in [2.24, 2.45) is 0 Å². The Bertz CT molecular complexity index is 3060. The fourth-order valence-electron chi connectivity index (χ4n) is 7.82. The van der Waals surface area contributed by atoms with Crippen LogP contribution in [0.1, 0.15) is 0 Å². The van der Waals surface area contributed by atoms with Crippen LogP contribution >= 0.6 is 11.3 Å². The maximum Gasteiger partial charge on any atom is 0.238 e. The van der Waals surface area contributed by atoms with Crippen LogP contribution in [0.4, 0.5) is 0 Å². The van der Waals surface area contributed by atoms with Crippen molar-refractivity contribution in [3.05, 3.63) is 164 Å². The van der Waals surface area contributed by atoms with Gasteiger partial charge in [0.1, 0.15) is 0 Å². The second-order valence-electron chi connectivity index (χ2n) is 12.8. The highest BCUT2D eigenvalue weighted by atomic mass is 32.1. The highest BCUT2D eigenvalue weighted by Gasteiger charge is 2.24. The third kappa shape index (κ3) is 4.17. The Morgan fingerprint density at radius 3 is 1.61 bits per heavy atom. The van der Waals surface area contributed by atoms with Crippen molar-refractivity contribution in [2.75, 3.05) is 0 Å². The summed E-state index contributed by atoms with van der Waals surface area (Å²) in [5.41, 5.74) is 7.58. The van der Waals surface area contributed by atoms with Crippen LogP contribution in [0.25, 0.3) is 98.2 Å². The molecule has 7 aromatic carbocycles. The first-order valence-corrected chi connectivity index (χ1v) is 17.9. The lowest BCUT2D eigenvalue weighted by molar-refractivity contribution is 0.955. The lowest BCUT2D eigenvalue weighted by atomic mass is 10.0. The van der Waals surface area contributed by atoms with Crippen molar-refractivity contribution in [3.63, 3.8) is 0 Å². The maximum atomic E-state index is 5.24. The minimum atomic E-state index is 0.597. The third-order valence-electron chi connectivity index (χ3n) is 9.97. The summed E-state index contributed by atoms with van der Waals surface area (Å²) in [5, 5.41) is 7.30. The van der Waals surface area contributed by atoms with Gasteiger partial charge in [-0.25, -0.2) is 4.98 Å². The number of nitrogens with zero attached hydrogens (tertiary/aromatic N) is 5. The van der Waals surface area contributed by atoms with Gasteiger partial charge in [-0.3, -0.25) is 4.57 Å². The lowest BCUT2D eigenvalue weighted by Gasteiger charge is -2.11. The zero-order valence-corrected chi connectivity index (χ0v) is 28.0. The molecule has 11 rings (SSSR count). The Labute approximate surface area is 296 Å². The molecule has 0 bridgehead atoms. The van der Waals surface area contributed by atoms with Gasteiger partial charge in [-0.2, -0.15) is 9.97 Å². The summed E-state index contributed by atoms with van der Waals surface area (Å²) in [7, 11) is 0. The molecule has 0 spiro atoms. The molecule has 0 saturated carbocycles. The van der Waals surface area contributed by atoms with E-state index in [9.17, 15) is 0 Å². The first kappa shape index (κ1) is 28.2. The molecule has 0 unspecified atom stereocenters. The molecule has 4 heterocycles. The van der Waals surface area contributed by atoms with Crippen molar-refractivity contribution in [1.29, 1.82) is 0 Å². The monoisotopic (exact) mass is 669 g/mol. The van der Waals surface area contributed by atoms with E-state index < -0.39 is 0 Å². The fourth-order valence-corrected chi connectivity index (χ4v) is 8.94. The van der Waals surface area contributed by atoms with Crippen molar-refractivity contribution in [2.45, 2.75) is 0 Å². The number of benzene rings is 7. The number of fused-ring (bicyclic) bond motifs is 11. The molecule has 0 aliphatic rings. The first-order chi connectivity index (χ1) is 25.3. The normalized spacial score (nSPS) is 11.9. The van der Waals surface area contributed by atoms with Crippen molar-refractivity contribution >= 4 is 75.1 Å². The SMILES string of the molecule is c1ccc(-c2nc(-c3ccccc3)nc(-n3c4ccccc4c4ccc5sc6ccc7c(c8ccccc8n7-c7ccccc7)c6c5c43)n2)cc1. The van der Waals surface area contributed by atoms with Crippen LogP contribution in [0.5, 0.6) is 0 Å². The maximum absolute atomic E-state index is 5.24. The van der Waals surface area contributed by atoms with Gasteiger partial charge in [0.05, 0.1) is 22.1 Å². The van der Waals surface area contributed by atoms with Crippen LogP contribution in [0, 0.1) is 0 Å². The molecule has 0 saturated heterocycles. The molecule has 0 N–H and O–H groups in total. The average molecular weight is 670 g/mol. The van der Waals surface area contributed by atoms with Gasteiger partial charge < -0.3 is 4.57 Å². The number of para-hydroxylation sites is 3. The summed E-state index contributed by atoms with van der Waals surface area (Å²) in [5.74, 6) is 1.88. The molecule has 11 aromatic rings. The van der Waals surface area contributed by atoms with E-state index in [4.69, 9.17) is 15.0 Å². The summed E-state index contributed by atoms with van der Waals surface area (Å²) in [6.07, 6.45) is 0. The van der Waals surface area contributed by atoms with E-state index in [1.54, 1.807) is 0 Å². The zero-order chi connectivity index (χ0) is 33.5. The molecule has 0 radical (unpaired) electrons. The van der Waals surface area contributed by atoms with E-state index in [-0.39, 0.29) is 0 Å². The van der Waals surface area contributed by atoms with Crippen molar-refractivity contribution < 1.29 is 0 Å². The highest BCUT2D eigenvalue weighted by Crippen LogP contribution is 2.47. The molecule has 238 valence electrons. The lowest BCUT2D eigenvalue weighted by Crippen LogP contribution is -2.06. The Hall–Kier alpha value is -6.63. The van der Waals surface area contributed by atoms with E-state index in [1.807, 2.05) is 47.7 Å². The second kappa shape index (κ2) is 10.9. The molecular formula is C45H27N5S. The molecule has 0 fully saturated rings. The van der Waals surface area contributed by atoms with E-state index >= 15 is 0 Å². The van der Waals surface area contributed by atoms with Gasteiger partial charge in [-0.15, -0.1) is 11.3 Å². The summed E-state index contributed by atoms with van der Waals surface area (Å²) in [6, 6.07) is 57.6. The van der Waals surface area contributed by atoms with Crippen LogP contribution in [0.2, 0.25) is 0 Å². The van der Waals surface area contributed by atoms with E-state index in [1.165, 1.54) is 47.4 Å². The Morgan fingerprint density at radius 1 is 0.373 bits per heavy atom. The van der Waals surface area contributed by atoms with Crippen LogP contribution in [-0.4, -0.2) is 24.1 Å². The number of hydrogen-bond donors (Lipinski definition) is 0. The van der Waals surface area contributed by atoms with Gasteiger partial charge in [-0.1, -0.05) is 121 Å². The van der Waals surface area contributed by atoms with E-state index in [2.05, 4.69) is 137 Å². The number of hydrogen-bond acceptors (Lipinski definition) is 4. The molecule has 51 heavy (non-hydrogen) atoms. The zero-order valence-electron chi connectivity index (χ0n) is 27.2. The molecule has 5 nitrogen and oxygen atoms in total. The summed E-state index contributed by atoms with van der Waals surface area (Å²) in [6.45, 7) is 0. The van der Waals surface area contributed by atoms with Crippen LogP contribution in [0.15, 0.2) is 164 Å². The van der Waals surface area contributed by atoms with Crippen LogP contribution in [0.3, 0.4) is 0 Å². The van der Waals surface area contributed by atoms with Crippen LogP contribution in [-0.2, 0) is 0 Å². The molecule has 4 aromatic heterocycles. The highest BCUT2D eigenvalue weighted by molar-refractivity contribution is 7.26. The molecular weight excluding hydrogens is 643 g/mol. The van der Waals surface area contributed by atoms with Gasteiger partial charge in [0, 0.05) is 58.5 Å². The van der Waals surface area contributed by atoms with E-state index in [0.717, 1.165) is 33.2 Å². The van der Waals surface area contributed by atoms with Gasteiger partial charge in [0.2, 0.25) is 5.95 Å². The minimum Gasteiger partial charge on any atom is -0.309 e. The Balaban J connectivity index is 1.33. The molecule has 6 heteroatoms. The smallest absolute Gasteiger partial charge is 0.238 e. The second-order valence-corrected chi connectivity index (χ2v) is 13.9. The van der Waals surface area contributed by atoms with Crippen molar-refractivity contribution in [1.82, 2.24) is 24.1 Å². The predicted molar refractivity (Wildman–Crippen MR) is 212 cm³/mol. The average Bonchev–Trinajstić information content (AvgIpc) is 3.86. The van der Waals surface area contributed by atoms with Gasteiger partial charge in [-0.05, 0) is 42.5 Å². The number of aromatic nitrogens is 5. The molecule has 0 atom stereocenters. The van der Waals surface area contributed by atoms with E-state index in [0.29, 0.717) is 17.6 Å². The van der Waals surface area contributed by atoms with Gasteiger partial charge in [0.25, 0.3) is 0 Å². The largest absolute Gasteiger partial charge is 0.309 e. The number of rotatable bonds is 4. The summed E-state index contributed by atoms with van der Waals surface area (Å²) >= 11 is 1.84. The topological polar surface area (TPSA) is 48.5 Å². The quantitative estimate of drug-likeness (QED) is 0.187. The first-order valence-electron chi connectivity index (χ1n) is 17.0. The molecule has 0 aliphatic carbocycles. The minimum absolute atomic E-state index is 0.597. The molecule has 0 amide bonds. The molecule has 0 aliphatic heterocycles. The Morgan fingerprint density at radius 2 is 0.922 bits per heavy atom. The number of thiophene rings is 1. The van der Waals surface area contributed by atoms with Crippen LogP contribution < -0.4 is 0 Å². The fraction of sp³-hybridized carbons (Fsp3) is 0. The standard InChI is InChI=1S/C45H27N5S/c1-4-14-28(15-5-1)43-46-44(29-16-6-2-7-17-29)48-45(47-43)50-34-22-12-10-20-31(34)32-24-26-38-41(42(32)50)40-37(51-38)27-25-36-39(40)33-21-11-13-23-35(33)49(36)30-18-8-3-9-19-30/h1-27H. The Kier molecular flexibility index (Phi) is 6.05. The van der Waals surface area contributed by atoms with Gasteiger partial charge >= 0.3 is 0 Å².